The van der Waals surface area contributed by atoms with E-state index in [1.54, 1.807) is 6.21 Å². The van der Waals surface area contributed by atoms with Crippen LogP contribution in [-0.4, -0.2) is 22.6 Å². The Balaban J connectivity index is 1.62. The first-order valence-electron chi connectivity index (χ1n) is 9.37. The van der Waals surface area contributed by atoms with Gasteiger partial charge in [0.25, 0.3) is 0 Å². The summed E-state index contributed by atoms with van der Waals surface area (Å²) in [4.78, 5) is 23.8. The van der Waals surface area contributed by atoms with Gasteiger partial charge in [-0.05, 0) is 50.1 Å². The second kappa shape index (κ2) is 9.01. The summed E-state index contributed by atoms with van der Waals surface area (Å²) < 4.78 is 2.13. The van der Waals surface area contributed by atoms with Crippen LogP contribution in [-0.2, 0) is 16.1 Å². The minimum atomic E-state index is -0.801. The number of aromatic nitrogens is 1. The van der Waals surface area contributed by atoms with Crippen LogP contribution in [0.25, 0.3) is 5.69 Å². The van der Waals surface area contributed by atoms with Gasteiger partial charge in [-0.15, -0.1) is 0 Å². The van der Waals surface area contributed by atoms with Crippen molar-refractivity contribution >= 4 is 18.0 Å². The molecule has 0 saturated heterocycles. The van der Waals surface area contributed by atoms with Crippen LogP contribution in [0.4, 0.5) is 0 Å². The fourth-order valence-corrected chi connectivity index (χ4v) is 3.15. The van der Waals surface area contributed by atoms with E-state index in [0.717, 1.165) is 28.2 Å². The van der Waals surface area contributed by atoms with Gasteiger partial charge in [0, 0.05) is 29.2 Å². The maximum atomic E-state index is 11.9. The van der Waals surface area contributed by atoms with Gasteiger partial charge in [0.05, 0.1) is 6.21 Å². The van der Waals surface area contributed by atoms with Crippen molar-refractivity contribution in [2.45, 2.75) is 27.3 Å². The van der Waals surface area contributed by atoms with E-state index in [2.05, 4.69) is 39.5 Å². The molecule has 0 saturated carbocycles. The molecule has 0 spiro atoms. The molecule has 0 fully saturated rings. The van der Waals surface area contributed by atoms with Crippen molar-refractivity contribution in [2.75, 3.05) is 0 Å². The van der Waals surface area contributed by atoms with Gasteiger partial charge >= 0.3 is 11.8 Å². The van der Waals surface area contributed by atoms with Crippen LogP contribution in [0.5, 0.6) is 0 Å². The third kappa shape index (κ3) is 4.99. The molecule has 0 aliphatic heterocycles. The fourth-order valence-electron chi connectivity index (χ4n) is 3.15. The summed E-state index contributed by atoms with van der Waals surface area (Å²) in [6.45, 7) is 6.35. The molecule has 6 nitrogen and oxygen atoms in total. The van der Waals surface area contributed by atoms with E-state index in [9.17, 15) is 9.59 Å². The van der Waals surface area contributed by atoms with E-state index in [0.29, 0.717) is 0 Å². The second-order valence-corrected chi connectivity index (χ2v) is 6.87. The normalized spacial score (nSPS) is 10.9. The van der Waals surface area contributed by atoms with Crippen molar-refractivity contribution in [3.8, 4) is 5.69 Å². The largest absolute Gasteiger partial charge is 0.344 e. The lowest BCUT2D eigenvalue weighted by Gasteiger charge is -2.10. The topological polar surface area (TPSA) is 75.5 Å². The summed E-state index contributed by atoms with van der Waals surface area (Å²) in [5.74, 6) is -1.53. The van der Waals surface area contributed by atoms with Gasteiger partial charge in [0.15, 0.2) is 0 Å². The predicted octanol–water partition coefficient (Wildman–Crippen LogP) is 3.17. The van der Waals surface area contributed by atoms with Crippen LogP contribution < -0.4 is 10.7 Å². The summed E-state index contributed by atoms with van der Waals surface area (Å²) >= 11 is 0. The molecule has 1 heterocycles. The van der Waals surface area contributed by atoms with Crippen LogP contribution in [0.15, 0.2) is 65.8 Å². The Morgan fingerprint density at radius 3 is 2.45 bits per heavy atom. The van der Waals surface area contributed by atoms with Crippen LogP contribution in [0, 0.1) is 20.8 Å². The zero-order valence-electron chi connectivity index (χ0n) is 16.8. The molecule has 2 amide bonds. The number of amides is 2. The highest BCUT2D eigenvalue weighted by Crippen LogP contribution is 2.20. The fraction of sp³-hybridized carbons (Fsp3) is 0.174. The predicted molar refractivity (Wildman–Crippen MR) is 114 cm³/mol. The van der Waals surface area contributed by atoms with E-state index in [1.807, 2.05) is 62.4 Å². The maximum Gasteiger partial charge on any atom is 0.329 e. The smallest absolute Gasteiger partial charge is 0.329 e. The van der Waals surface area contributed by atoms with Crippen molar-refractivity contribution in [3.05, 3.63) is 88.7 Å². The molecule has 0 unspecified atom stereocenters. The van der Waals surface area contributed by atoms with E-state index >= 15 is 0 Å². The molecule has 6 heteroatoms. The van der Waals surface area contributed by atoms with Crippen molar-refractivity contribution < 1.29 is 9.59 Å². The molecular formula is C23H24N4O2. The zero-order chi connectivity index (χ0) is 20.8. The zero-order valence-corrected chi connectivity index (χ0v) is 16.8. The Morgan fingerprint density at radius 2 is 1.72 bits per heavy atom. The molecule has 2 N–H and O–H groups in total. The number of carbonyl (C=O) groups is 2. The molecule has 0 atom stereocenters. The average Bonchev–Trinajstić information content (AvgIpc) is 3.00. The molecule has 0 bridgehead atoms. The lowest BCUT2D eigenvalue weighted by molar-refractivity contribution is -0.139. The van der Waals surface area contributed by atoms with E-state index in [-0.39, 0.29) is 6.54 Å². The van der Waals surface area contributed by atoms with Crippen LogP contribution in [0.3, 0.4) is 0 Å². The first kappa shape index (κ1) is 20.1. The number of nitrogens with zero attached hydrogens (tertiary/aromatic N) is 2. The van der Waals surface area contributed by atoms with E-state index < -0.39 is 11.8 Å². The molecule has 148 valence electrons. The number of nitrogens with one attached hydrogen (secondary N) is 2. The number of hydrogen-bond donors (Lipinski definition) is 2. The van der Waals surface area contributed by atoms with Crippen LogP contribution in [0.1, 0.15) is 28.1 Å². The number of hydrazone groups is 1. The molecule has 2 aromatic carbocycles. The summed E-state index contributed by atoms with van der Waals surface area (Å²) in [5, 5.41) is 6.52. The number of hydrogen-bond acceptors (Lipinski definition) is 3. The highest BCUT2D eigenvalue weighted by atomic mass is 16.2. The summed E-state index contributed by atoms with van der Waals surface area (Å²) in [5.41, 5.74) is 8.38. The van der Waals surface area contributed by atoms with Gasteiger partial charge in [-0.25, -0.2) is 5.43 Å². The molecule has 3 rings (SSSR count). The molecule has 0 aliphatic carbocycles. The number of rotatable bonds is 5. The van der Waals surface area contributed by atoms with E-state index in [4.69, 9.17) is 0 Å². The minimum absolute atomic E-state index is 0.286. The van der Waals surface area contributed by atoms with Crippen molar-refractivity contribution in [2.24, 2.45) is 5.10 Å². The standard InChI is InChI=1S/C23H24N4O2/c1-16-8-7-11-21(12-16)27-17(2)13-20(18(27)3)15-25-26-23(29)22(28)24-14-19-9-5-4-6-10-19/h4-13,15H,14H2,1-3H3,(H,24,28)(H,26,29)/b25-15-. The second-order valence-electron chi connectivity index (χ2n) is 6.87. The molecule has 0 radical (unpaired) electrons. The van der Waals surface area contributed by atoms with E-state index in [1.165, 1.54) is 5.56 Å². The quantitative estimate of drug-likeness (QED) is 0.400. The lowest BCUT2D eigenvalue weighted by Crippen LogP contribution is -2.37. The summed E-state index contributed by atoms with van der Waals surface area (Å²) in [6.07, 6.45) is 1.55. The summed E-state index contributed by atoms with van der Waals surface area (Å²) in [7, 11) is 0. The first-order valence-corrected chi connectivity index (χ1v) is 9.37. The third-order valence-corrected chi connectivity index (χ3v) is 4.60. The van der Waals surface area contributed by atoms with Crippen LogP contribution >= 0.6 is 0 Å². The highest BCUT2D eigenvalue weighted by molar-refractivity contribution is 6.35. The average molecular weight is 388 g/mol. The maximum absolute atomic E-state index is 11.9. The SMILES string of the molecule is Cc1cccc(-n2c(C)cc(/C=N\NC(=O)C(=O)NCc3ccccc3)c2C)c1. The molecular weight excluding hydrogens is 364 g/mol. The molecule has 3 aromatic rings. The first-order chi connectivity index (χ1) is 14.0. The van der Waals surface area contributed by atoms with Gasteiger partial charge in [-0.1, -0.05) is 42.5 Å². The van der Waals surface area contributed by atoms with Crippen LogP contribution in [0.2, 0.25) is 0 Å². The lowest BCUT2D eigenvalue weighted by atomic mass is 10.2. The Hall–Kier alpha value is -3.67. The Bertz CT molecular complexity index is 1050. The van der Waals surface area contributed by atoms with Crippen molar-refractivity contribution in [3.63, 3.8) is 0 Å². The number of carbonyl (C=O) groups excluding carboxylic acids is 2. The van der Waals surface area contributed by atoms with Crippen molar-refractivity contribution in [1.29, 1.82) is 0 Å². The van der Waals surface area contributed by atoms with Gasteiger partial charge < -0.3 is 9.88 Å². The Kier molecular flexibility index (Phi) is 6.24. The monoisotopic (exact) mass is 388 g/mol. The summed E-state index contributed by atoms with van der Waals surface area (Å²) in [6, 6.07) is 19.6. The van der Waals surface area contributed by atoms with Gasteiger partial charge in [-0.3, -0.25) is 9.59 Å². The molecule has 29 heavy (non-hydrogen) atoms. The van der Waals surface area contributed by atoms with Crippen molar-refractivity contribution in [1.82, 2.24) is 15.3 Å². The minimum Gasteiger partial charge on any atom is -0.344 e. The number of benzene rings is 2. The third-order valence-electron chi connectivity index (χ3n) is 4.60. The van der Waals surface area contributed by atoms with Gasteiger partial charge in [-0.2, -0.15) is 5.10 Å². The molecule has 0 aliphatic rings. The number of aryl methyl sites for hydroxylation is 2. The highest BCUT2D eigenvalue weighted by Gasteiger charge is 2.13. The Labute approximate surface area is 170 Å². The molecule has 1 aromatic heterocycles. The van der Waals surface area contributed by atoms with Gasteiger partial charge in [0.1, 0.15) is 0 Å². The van der Waals surface area contributed by atoms with Gasteiger partial charge in [0.2, 0.25) is 0 Å². The Morgan fingerprint density at radius 1 is 0.966 bits per heavy atom.